The predicted octanol–water partition coefficient (Wildman–Crippen LogP) is 11.8. The van der Waals surface area contributed by atoms with Gasteiger partial charge < -0.3 is 0 Å². The van der Waals surface area contributed by atoms with E-state index in [1.54, 1.807) is 0 Å². The topological polar surface area (TPSA) is 38.7 Å². The van der Waals surface area contributed by atoms with E-state index in [1.165, 1.54) is 0 Å². The highest BCUT2D eigenvalue weighted by atomic mass is 15.0. The van der Waals surface area contributed by atoms with Crippen molar-refractivity contribution in [3.05, 3.63) is 168 Å². The fraction of sp³-hybridized carbons (Fsp3) is 0.0889. The number of rotatable bonds is 6. The van der Waals surface area contributed by atoms with Crippen molar-refractivity contribution < 1.29 is 39.8 Å². The van der Waals surface area contributed by atoms with Crippen LogP contribution in [-0.4, -0.2) is 15.0 Å². The molecule has 0 fully saturated rings. The monoisotopic (exact) mass is 646 g/mol. The number of aryl methyl sites for hydroxylation is 1. The van der Waals surface area contributed by atoms with Crippen molar-refractivity contribution in [2.24, 2.45) is 0 Å². The second-order valence-electron chi connectivity index (χ2n) is 9.93. The van der Waals surface area contributed by atoms with Crippen LogP contribution in [0.15, 0.2) is 151 Å². The summed E-state index contributed by atoms with van der Waals surface area (Å²) in [5.41, 5.74) is -5.66. The maximum atomic E-state index is 9.59. The first-order chi connectivity index (χ1) is 35.9. The summed E-state index contributed by atoms with van der Waals surface area (Å²) in [4.78, 5) is 12.9. The summed E-state index contributed by atoms with van der Waals surface area (Å²) in [7, 11) is 0. The van der Waals surface area contributed by atoms with Crippen LogP contribution >= 0.6 is 0 Å². The van der Waals surface area contributed by atoms with Crippen LogP contribution in [-0.2, 0) is 0 Å². The molecule has 230 valence electrons. The van der Waals surface area contributed by atoms with Gasteiger partial charge in [0.05, 0.1) is 35.6 Å². The van der Waals surface area contributed by atoms with Crippen LogP contribution in [0.5, 0.6) is 0 Å². The molecule has 48 heavy (non-hydrogen) atoms. The standard InChI is InChI=1S/C45H35N3/c1-3-13-38-30(2)42-29-36(26-27-41(42)40-21-11-10-20-39(38)40)32-22-24-34(25-23-32)44-46-43(33-16-8-5-9-17-33)47-45(48-44)37-19-12-18-35(28-37)31-14-6-4-7-15-31/h3-16,18-29,33H,17H2,1-2H3/b13-3-/i1D,2D,3D,4D,5D,6D,7D,8D,9D,10D,11D,12D,13D,14D,15D,16D,17D,18D,19D,20D,21D,22D,23D,24D,25D,26D,27D,28D,29D. The Morgan fingerprint density at radius 1 is 0.646 bits per heavy atom. The van der Waals surface area contributed by atoms with E-state index < -0.39 is 261 Å². The van der Waals surface area contributed by atoms with Crippen LogP contribution in [0.1, 0.15) is 75.9 Å². The summed E-state index contributed by atoms with van der Waals surface area (Å²) in [5, 5.41) is -1.90. The van der Waals surface area contributed by atoms with Gasteiger partial charge in [0.25, 0.3) is 0 Å². The molecule has 1 aromatic heterocycles. The van der Waals surface area contributed by atoms with Gasteiger partial charge in [-0.1, -0.05) is 145 Å². The zero-order chi connectivity index (χ0) is 57.4. The molecular weight excluding hydrogens is 583 g/mol. The molecule has 1 heterocycles. The number of hydrogen-bond donors (Lipinski definition) is 0. The number of hydrogen-bond acceptors (Lipinski definition) is 3. The number of benzene rings is 6. The van der Waals surface area contributed by atoms with E-state index >= 15 is 0 Å². The van der Waals surface area contributed by atoms with E-state index in [0.29, 0.717) is 0 Å². The Bertz CT molecular complexity index is 3880. The average Bonchev–Trinajstić information content (AvgIpc) is 3.48. The van der Waals surface area contributed by atoms with Crippen LogP contribution in [0, 0.1) is 6.90 Å². The van der Waals surface area contributed by atoms with Crippen LogP contribution in [0.3, 0.4) is 0 Å². The van der Waals surface area contributed by atoms with E-state index in [9.17, 15) is 11.0 Å². The molecule has 0 N–H and O–H groups in total. The zero-order valence-corrected chi connectivity index (χ0v) is 24.4. The SMILES string of the molecule is [2H]C/C([2H])=C(/[2H])c1c(C[2H])c2c([2H])c(-c3c([2H])c([2H])c(-c4nc(-c5c([2H])c([2H])c([2H])c(-c6c([2H])c([2H])c([2H])c([2H])c6[2H])c5[2H])nc(C5C([2H])=C([2H])C([2H])=C([2H])C5[2H])n4)c([2H])c3[2H])c([2H])c([2H])c2c2c([2H])c([2H])c([2H])c([2H])c12. The van der Waals surface area contributed by atoms with Crippen LogP contribution < -0.4 is 0 Å². The summed E-state index contributed by atoms with van der Waals surface area (Å²) in [5.74, 6) is -4.41. The number of aromatic nitrogens is 3. The van der Waals surface area contributed by atoms with Crippen molar-refractivity contribution in [2.75, 3.05) is 0 Å². The van der Waals surface area contributed by atoms with Gasteiger partial charge in [-0.25, -0.2) is 15.0 Å². The molecule has 0 spiro atoms. The number of fused-ring (bicyclic) bond motifs is 3. The molecule has 3 heteroatoms. The van der Waals surface area contributed by atoms with Gasteiger partial charge in [-0.05, 0) is 87.2 Å². The molecular formula is C45H35N3. The van der Waals surface area contributed by atoms with Crippen molar-refractivity contribution in [1.82, 2.24) is 15.0 Å². The number of nitrogens with zero attached hydrogens (tertiary/aromatic N) is 3. The Morgan fingerprint density at radius 3 is 2.15 bits per heavy atom. The predicted molar refractivity (Wildman–Crippen MR) is 202 cm³/mol. The van der Waals surface area contributed by atoms with E-state index in [0.717, 1.165) is 0 Å². The van der Waals surface area contributed by atoms with Gasteiger partial charge in [-0.3, -0.25) is 0 Å². The lowest BCUT2D eigenvalue weighted by atomic mass is 9.90. The highest BCUT2D eigenvalue weighted by Crippen LogP contribution is 2.36. The largest absolute Gasteiger partial charge is 0.212 e. The van der Waals surface area contributed by atoms with Crippen molar-refractivity contribution >= 4 is 27.6 Å². The maximum absolute atomic E-state index is 9.59. The highest BCUT2D eigenvalue weighted by Gasteiger charge is 2.18. The smallest absolute Gasteiger partial charge is 0.163 e. The third-order valence-electron chi connectivity index (χ3n) is 7.06. The molecule has 1 aliphatic carbocycles. The van der Waals surface area contributed by atoms with E-state index in [-0.39, 0.29) is 5.56 Å². The first-order valence-corrected chi connectivity index (χ1v) is 14.0. The Kier molecular flexibility index (Phi) is 3.08. The van der Waals surface area contributed by atoms with Crippen molar-refractivity contribution in [2.45, 2.75) is 26.1 Å². The van der Waals surface area contributed by atoms with Crippen LogP contribution in [0.25, 0.3) is 72.6 Å². The summed E-state index contributed by atoms with van der Waals surface area (Å²) in [6.07, 6.45) is -1.93. The fourth-order valence-electron chi connectivity index (χ4n) is 4.85. The van der Waals surface area contributed by atoms with Gasteiger partial charge in [0.2, 0.25) is 0 Å². The average molecular weight is 647 g/mol. The lowest BCUT2D eigenvalue weighted by Crippen LogP contribution is -2.07. The minimum Gasteiger partial charge on any atom is -0.212 e. The molecule has 1 aliphatic rings. The van der Waals surface area contributed by atoms with E-state index in [4.69, 9.17) is 28.8 Å². The molecule has 0 bridgehead atoms. The molecule has 2 unspecified atom stereocenters. The summed E-state index contributed by atoms with van der Waals surface area (Å²) >= 11 is 0. The quantitative estimate of drug-likeness (QED) is 0.169. The lowest BCUT2D eigenvalue weighted by molar-refractivity contribution is 0.764. The van der Waals surface area contributed by atoms with Crippen molar-refractivity contribution in [3.63, 3.8) is 0 Å². The third kappa shape index (κ3) is 5.54. The van der Waals surface area contributed by atoms with Crippen LogP contribution in [0.2, 0.25) is 0 Å². The lowest BCUT2D eigenvalue weighted by Gasteiger charge is -2.15. The minimum absolute atomic E-state index is 0.374. The first-order valence-electron chi connectivity index (χ1n) is 29.0. The zero-order valence-electron chi connectivity index (χ0n) is 53.4. The molecule has 8 rings (SSSR count). The van der Waals surface area contributed by atoms with Gasteiger partial charge in [-0.15, -0.1) is 0 Å². The van der Waals surface area contributed by atoms with Gasteiger partial charge in [0, 0.05) is 21.2 Å². The molecule has 3 nitrogen and oxygen atoms in total. The minimum atomic E-state index is -1.93. The Morgan fingerprint density at radius 2 is 1.31 bits per heavy atom. The molecule has 0 aliphatic heterocycles. The molecule has 0 saturated carbocycles. The second-order valence-corrected chi connectivity index (χ2v) is 9.93. The molecule has 6 aromatic carbocycles. The summed E-state index contributed by atoms with van der Waals surface area (Å²) < 4.78 is 254. The van der Waals surface area contributed by atoms with Gasteiger partial charge in [0.1, 0.15) is 5.82 Å². The number of allylic oxidation sites excluding steroid dienone is 5. The Labute approximate surface area is 322 Å². The Hall–Kier alpha value is -5.93. The molecule has 0 radical (unpaired) electrons. The van der Waals surface area contributed by atoms with Crippen molar-refractivity contribution in [3.8, 4) is 45.0 Å². The molecule has 7 aromatic rings. The first kappa shape index (κ1) is 11.6. The maximum Gasteiger partial charge on any atom is 0.163 e. The van der Waals surface area contributed by atoms with Crippen LogP contribution in [0.4, 0.5) is 0 Å². The molecule has 2 atom stereocenters. The van der Waals surface area contributed by atoms with E-state index in [1.807, 2.05) is 0 Å². The molecule has 0 saturated heterocycles. The normalized spacial score (nSPS) is 25.5. The summed E-state index contributed by atoms with van der Waals surface area (Å²) in [6.45, 7) is -1.70. The molecule has 0 amide bonds. The van der Waals surface area contributed by atoms with E-state index in [2.05, 4.69) is 15.0 Å². The Balaban J connectivity index is 1.50. The third-order valence-corrected chi connectivity index (χ3v) is 7.06. The summed E-state index contributed by atoms with van der Waals surface area (Å²) in [6, 6.07) is -23.3. The highest BCUT2D eigenvalue weighted by molar-refractivity contribution is 6.13. The van der Waals surface area contributed by atoms with Crippen molar-refractivity contribution in [1.29, 1.82) is 0 Å². The van der Waals surface area contributed by atoms with Gasteiger partial charge >= 0.3 is 0 Å². The fourth-order valence-corrected chi connectivity index (χ4v) is 4.85. The second kappa shape index (κ2) is 12.7. The van der Waals surface area contributed by atoms with Gasteiger partial charge in [0.15, 0.2) is 11.6 Å². The van der Waals surface area contributed by atoms with Gasteiger partial charge in [-0.2, -0.15) is 0 Å².